The van der Waals surface area contributed by atoms with Gasteiger partial charge in [0, 0.05) is 12.2 Å². The highest BCUT2D eigenvalue weighted by atomic mass is 16.1. The van der Waals surface area contributed by atoms with Gasteiger partial charge >= 0.3 is 0 Å². The molecule has 0 saturated carbocycles. The molecule has 1 amide bonds. The van der Waals surface area contributed by atoms with Crippen LogP contribution in [0.15, 0.2) is 24.3 Å². The van der Waals surface area contributed by atoms with Crippen molar-refractivity contribution in [3.8, 4) is 0 Å². The average Bonchev–Trinajstić information content (AvgIpc) is 2.69. The number of aryl methyl sites for hydroxylation is 3. The molecule has 4 nitrogen and oxygen atoms in total. The molecule has 2 N–H and O–H groups in total. The minimum absolute atomic E-state index is 0.0589. The van der Waals surface area contributed by atoms with Crippen LogP contribution in [0.1, 0.15) is 32.9 Å². The second kappa shape index (κ2) is 5.69. The third-order valence-corrected chi connectivity index (χ3v) is 3.14. The third-order valence-electron chi connectivity index (χ3n) is 3.14. The van der Waals surface area contributed by atoms with Gasteiger partial charge < -0.3 is 5.32 Å². The third kappa shape index (κ3) is 3.22. The monoisotopic (exact) mass is 257 g/mol. The Labute approximate surface area is 113 Å². The quantitative estimate of drug-likeness (QED) is 0.883. The molecule has 0 unspecified atom stereocenters. The number of carbonyl (C=O) groups excluding carboxylic acids is 1. The molecule has 0 saturated heterocycles. The molecular formula is C15H19N3O. The Bertz CT molecular complexity index is 567. The molecule has 0 aliphatic heterocycles. The molecule has 4 heteroatoms. The number of nitrogens with one attached hydrogen (secondary N) is 2. The zero-order valence-electron chi connectivity index (χ0n) is 11.6. The molecule has 2 aromatic rings. The van der Waals surface area contributed by atoms with Crippen molar-refractivity contribution in [1.29, 1.82) is 0 Å². The maximum absolute atomic E-state index is 12.0. The molecule has 1 aromatic heterocycles. The average molecular weight is 257 g/mol. The number of hydrogen-bond acceptors (Lipinski definition) is 2. The van der Waals surface area contributed by atoms with Crippen LogP contribution in [0.25, 0.3) is 0 Å². The summed E-state index contributed by atoms with van der Waals surface area (Å²) in [6, 6.07) is 8.32. The van der Waals surface area contributed by atoms with E-state index in [1.54, 1.807) is 0 Å². The fourth-order valence-electron chi connectivity index (χ4n) is 2.16. The molecule has 1 heterocycles. The van der Waals surface area contributed by atoms with E-state index in [0.717, 1.165) is 17.8 Å². The number of hydrogen-bond donors (Lipinski definition) is 2. The Morgan fingerprint density at radius 2 is 2.11 bits per heavy atom. The van der Waals surface area contributed by atoms with Gasteiger partial charge in [-0.05, 0) is 32.8 Å². The summed E-state index contributed by atoms with van der Waals surface area (Å²) in [7, 11) is 0. The Morgan fingerprint density at radius 3 is 2.74 bits per heavy atom. The van der Waals surface area contributed by atoms with E-state index in [0.29, 0.717) is 12.1 Å². The lowest BCUT2D eigenvalue weighted by atomic mass is 10.1. The molecule has 0 atom stereocenters. The number of benzene rings is 1. The highest BCUT2D eigenvalue weighted by Crippen LogP contribution is 2.09. The van der Waals surface area contributed by atoms with E-state index >= 15 is 0 Å². The van der Waals surface area contributed by atoms with E-state index in [9.17, 15) is 4.79 Å². The second-order valence-corrected chi connectivity index (χ2v) is 4.80. The van der Waals surface area contributed by atoms with Crippen LogP contribution in [-0.4, -0.2) is 22.6 Å². The number of aromatic nitrogens is 2. The van der Waals surface area contributed by atoms with Crippen molar-refractivity contribution in [2.75, 3.05) is 6.54 Å². The zero-order valence-corrected chi connectivity index (χ0v) is 11.6. The van der Waals surface area contributed by atoms with Crippen molar-refractivity contribution in [2.24, 2.45) is 0 Å². The van der Waals surface area contributed by atoms with E-state index in [1.165, 1.54) is 11.1 Å². The summed E-state index contributed by atoms with van der Waals surface area (Å²) in [5.74, 6) is -0.0589. The van der Waals surface area contributed by atoms with Gasteiger partial charge in [-0.2, -0.15) is 5.10 Å². The van der Waals surface area contributed by atoms with Crippen LogP contribution in [0.5, 0.6) is 0 Å². The van der Waals surface area contributed by atoms with Gasteiger partial charge in [0.1, 0.15) is 0 Å². The predicted molar refractivity (Wildman–Crippen MR) is 75.3 cm³/mol. The highest BCUT2D eigenvalue weighted by molar-refractivity contribution is 5.96. The van der Waals surface area contributed by atoms with Gasteiger partial charge in [-0.3, -0.25) is 9.89 Å². The van der Waals surface area contributed by atoms with Crippen LogP contribution in [0, 0.1) is 20.8 Å². The Hall–Kier alpha value is -2.10. The van der Waals surface area contributed by atoms with Crippen LogP contribution >= 0.6 is 0 Å². The summed E-state index contributed by atoms with van der Waals surface area (Å²) in [6.07, 6.45) is 0.837. The molecule has 2 rings (SSSR count). The van der Waals surface area contributed by atoms with Gasteiger partial charge in [-0.1, -0.05) is 29.8 Å². The molecule has 0 aliphatic carbocycles. The number of carbonyl (C=O) groups is 1. The Balaban J connectivity index is 1.91. The predicted octanol–water partition coefficient (Wildman–Crippen LogP) is 2.31. The smallest absolute Gasteiger partial charge is 0.255 e. The maximum Gasteiger partial charge on any atom is 0.255 e. The standard InChI is InChI=1S/C15H19N3O/c1-10-5-4-6-13(9-10)7-8-16-15(19)14-11(2)17-18-12(14)3/h4-6,9H,7-8H2,1-3H3,(H,16,19)(H,17,18). The summed E-state index contributed by atoms with van der Waals surface area (Å²) >= 11 is 0. The summed E-state index contributed by atoms with van der Waals surface area (Å²) in [6.45, 7) is 6.39. The minimum Gasteiger partial charge on any atom is -0.352 e. The maximum atomic E-state index is 12.0. The van der Waals surface area contributed by atoms with E-state index < -0.39 is 0 Å². The SMILES string of the molecule is Cc1cccc(CCNC(=O)c2c(C)n[nH]c2C)c1. The molecule has 0 fully saturated rings. The van der Waals surface area contributed by atoms with Crippen LogP contribution in [0.3, 0.4) is 0 Å². The molecule has 0 bridgehead atoms. The lowest BCUT2D eigenvalue weighted by Gasteiger charge is -2.06. The van der Waals surface area contributed by atoms with Crippen LogP contribution < -0.4 is 5.32 Å². The van der Waals surface area contributed by atoms with Gasteiger partial charge in [0.25, 0.3) is 5.91 Å². The minimum atomic E-state index is -0.0589. The first-order chi connectivity index (χ1) is 9.08. The number of amides is 1. The number of aromatic amines is 1. The van der Waals surface area contributed by atoms with Crippen molar-refractivity contribution in [1.82, 2.24) is 15.5 Å². The first kappa shape index (κ1) is 13.3. The summed E-state index contributed by atoms with van der Waals surface area (Å²) in [5.41, 5.74) is 4.69. The van der Waals surface area contributed by atoms with Crippen molar-refractivity contribution in [3.05, 3.63) is 52.3 Å². The normalized spacial score (nSPS) is 10.5. The first-order valence-corrected chi connectivity index (χ1v) is 6.43. The van der Waals surface area contributed by atoms with E-state index in [-0.39, 0.29) is 5.91 Å². The van der Waals surface area contributed by atoms with E-state index in [4.69, 9.17) is 0 Å². The first-order valence-electron chi connectivity index (χ1n) is 6.43. The van der Waals surface area contributed by atoms with Crippen LogP contribution in [0.2, 0.25) is 0 Å². The number of H-pyrrole nitrogens is 1. The van der Waals surface area contributed by atoms with Crippen molar-refractivity contribution in [3.63, 3.8) is 0 Å². The van der Waals surface area contributed by atoms with Crippen LogP contribution in [-0.2, 0) is 6.42 Å². The van der Waals surface area contributed by atoms with E-state index in [1.807, 2.05) is 19.9 Å². The lowest BCUT2D eigenvalue weighted by molar-refractivity contribution is 0.0953. The molecule has 1 aromatic carbocycles. The van der Waals surface area contributed by atoms with Crippen molar-refractivity contribution < 1.29 is 4.79 Å². The van der Waals surface area contributed by atoms with Crippen molar-refractivity contribution >= 4 is 5.91 Å². The van der Waals surface area contributed by atoms with E-state index in [2.05, 4.69) is 40.6 Å². The Morgan fingerprint density at radius 1 is 1.32 bits per heavy atom. The Kier molecular flexibility index (Phi) is 4.00. The summed E-state index contributed by atoms with van der Waals surface area (Å²) < 4.78 is 0. The highest BCUT2D eigenvalue weighted by Gasteiger charge is 2.14. The molecule has 0 radical (unpaired) electrons. The fourth-order valence-corrected chi connectivity index (χ4v) is 2.16. The topological polar surface area (TPSA) is 57.8 Å². The summed E-state index contributed by atoms with van der Waals surface area (Å²) in [4.78, 5) is 12.0. The molecule has 19 heavy (non-hydrogen) atoms. The number of rotatable bonds is 4. The lowest BCUT2D eigenvalue weighted by Crippen LogP contribution is -2.26. The van der Waals surface area contributed by atoms with Gasteiger partial charge in [0.05, 0.1) is 11.3 Å². The number of nitrogens with zero attached hydrogens (tertiary/aromatic N) is 1. The molecule has 0 spiro atoms. The molecule has 100 valence electrons. The molecular weight excluding hydrogens is 238 g/mol. The van der Waals surface area contributed by atoms with Crippen LogP contribution in [0.4, 0.5) is 0 Å². The second-order valence-electron chi connectivity index (χ2n) is 4.80. The summed E-state index contributed by atoms with van der Waals surface area (Å²) in [5, 5.41) is 9.79. The zero-order chi connectivity index (χ0) is 13.8. The van der Waals surface area contributed by atoms with Gasteiger partial charge in [0.15, 0.2) is 0 Å². The van der Waals surface area contributed by atoms with Crippen molar-refractivity contribution in [2.45, 2.75) is 27.2 Å². The molecule has 0 aliphatic rings. The van der Waals surface area contributed by atoms with Gasteiger partial charge in [-0.15, -0.1) is 0 Å². The largest absolute Gasteiger partial charge is 0.352 e. The van der Waals surface area contributed by atoms with Gasteiger partial charge in [-0.25, -0.2) is 0 Å². The fraction of sp³-hybridized carbons (Fsp3) is 0.333. The van der Waals surface area contributed by atoms with Gasteiger partial charge in [0.2, 0.25) is 0 Å².